The molecule has 4 rings (SSSR count). The van der Waals surface area contributed by atoms with Gasteiger partial charge in [-0.3, -0.25) is 0 Å². The topological polar surface area (TPSA) is 21.3 Å². The first kappa shape index (κ1) is 12.9. The maximum atomic E-state index is 5.76. The van der Waals surface area contributed by atoms with Gasteiger partial charge < -0.3 is 0 Å². The molecule has 0 N–H and O–H groups in total. The lowest BCUT2D eigenvalue weighted by Gasteiger charge is -2.07. The SMILES string of the molecule is c1ccc(CN2CN2ON2CN2Cc2ccccc2)cc1. The van der Waals surface area contributed by atoms with Crippen molar-refractivity contribution in [2.24, 2.45) is 0 Å². The summed E-state index contributed by atoms with van der Waals surface area (Å²) in [6.45, 7) is 3.50. The van der Waals surface area contributed by atoms with E-state index in [4.69, 9.17) is 4.94 Å². The van der Waals surface area contributed by atoms with Crippen LogP contribution in [-0.2, 0) is 18.0 Å². The van der Waals surface area contributed by atoms with Gasteiger partial charge in [-0.05, 0) is 11.1 Å². The number of benzene rings is 2. The molecule has 5 heteroatoms. The van der Waals surface area contributed by atoms with E-state index in [0.717, 1.165) is 26.4 Å². The van der Waals surface area contributed by atoms with E-state index in [0.29, 0.717) is 0 Å². The van der Waals surface area contributed by atoms with Crippen LogP contribution in [0.15, 0.2) is 60.7 Å². The number of hydroxylamine groups is 2. The van der Waals surface area contributed by atoms with Gasteiger partial charge in [0.15, 0.2) is 0 Å². The van der Waals surface area contributed by atoms with Crippen molar-refractivity contribution in [1.29, 1.82) is 0 Å². The molecule has 0 bridgehead atoms. The van der Waals surface area contributed by atoms with Crippen molar-refractivity contribution >= 4 is 0 Å². The molecule has 2 saturated heterocycles. The van der Waals surface area contributed by atoms with Gasteiger partial charge in [0.25, 0.3) is 0 Å². The van der Waals surface area contributed by atoms with Crippen LogP contribution >= 0.6 is 0 Å². The van der Waals surface area contributed by atoms with E-state index < -0.39 is 0 Å². The second-order valence-corrected chi connectivity index (χ2v) is 5.37. The Morgan fingerprint density at radius 1 is 0.667 bits per heavy atom. The van der Waals surface area contributed by atoms with Gasteiger partial charge in [-0.1, -0.05) is 71.0 Å². The molecule has 5 nitrogen and oxygen atoms in total. The Hall–Kier alpha value is -1.76. The lowest BCUT2D eigenvalue weighted by atomic mass is 10.2. The number of rotatable bonds is 6. The fourth-order valence-electron chi connectivity index (χ4n) is 2.33. The maximum Gasteiger partial charge on any atom is 0.110 e. The molecule has 0 aliphatic carbocycles. The molecule has 0 spiro atoms. The minimum Gasteiger partial charge on any atom is -0.193 e. The zero-order chi connectivity index (χ0) is 14.1. The van der Waals surface area contributed by atoms with E-state index in [1.54, 1.807) is 0 Å². The van der Waals surface area contributed by atoms with Gasteiger partial charge in [-0.25, -0.2) is 0 Å². The van der Waals surface area contributed by atoms with Crippen molar-refractivity contribution < 1.29 is 4.94 Å². The van der Waals surface area contributed by atoms with Crippen LogP contribution in [0.1, 0.15) is 11.1 Å². The van der Waals surface area contributed by atoms with E-state index in [-0.39, 0.29) is 0 Å². The van der Waals surface area contributed by atoms with Crippen molar-refractivity contribution in [2.75, 3.05) is 13.3 Å². The number of hydrazine groups is 2. The number of hydrogen-bond acceptors (Lipinski definition) is 5. The third kappa shape index (κ3) is 3.29. The van der Waals surface area contributed by atoms with Gasteiger partial charge in [0, 0.05) is 13.1 Å². The lowest BCUT2D eigenvalue weighted by molar-refractivity contribution is -0.279. The summed E-state index contributed by atoms with van der Waals surface area (Å²) in [5, 5.41) is 8.10. The fraction of sp³-hybridized carbons (Fsp3) is 0.250. The highest BCUT2D eigenvalue weighted by Gasteiger charge is 2.41. The molecule has 4 atom stereocenters. The van der Waals surface area contributed by atoms with Crippen LogP contribution in [0.25, 0.3) is 0 Å². The van der Waals surface area contributed by atoms with Gasteiger partial charge >= 0.3 is 0 Å². The highest BCUT2D eigenvalue weighted by molar-refractivity contribution is 5.15. The van der Waals surface area contributed by atoms with Crippen molar-refractivity contribution in [3.8, 4) is 0 Å². The van der Waals surface area contributed by atoms with E-state index in [1.807, 2.05) is 22.5 Å². The van der Waals surface area contributed by atoms with Crippen LogP contribution in [0.5, 0.6) is 0 Å². The first-order valence-electron chi connectivity index (χ1n) is 7.19. The molecule has 0 aromatic heterocycles. The van der Waals surface area contributed by atoms with Crippen molar-refractivity contribution in [1.82, 2.24) is 20.4 Å². The number of hydrogen-bond donors (Lipinski definition) is 0. The summed E-state index contributed by atoms with van der Waals surface area (Å²) in [5.41, 5.74) is 2.60. The van der Waals surface area contributed by atoms with Gasteiger partial charge in [0.1, 0.15) is 13.3 Å². The third-order valence-corrected chi connectivity index (χ3v) is 3.63. The molecule has 108 valence electrons. The van der Waals surface area contributed by atoms with E-state index in [1.165, 1.54) is 11.1 Å². The van der Waals surface area contributed by atoms with Gasteiger partial charge in [-0.15, -0.1) is 0 Å². The third-order valence-electron chi connectivity index (χ3n) is 3.63. The molecule has 2 aliphatic heterocycles. The smallest absolute Gasteiger partial charge is 0.110 e. The predicted octanol–water partition coefficient (Wildman–Crippen LogP) is 2.21. The van der Waals surface area contributed by atoms with Crippen LogP contribution in [0.2, 0.25) is 0 Å². The molecule has 0 saturated carbocycles. The maximum absolute atomic E-state index is 5.76. The summed E-state index contributed by atoms with van der Waals surface area (Å²) in [4.78, 5) is 5.76. The Kier molecular flexibility index (Phi) is 3.42. The Balaban J connectivity index is 1.21. The van der Waals surface area contributed by atoms with Crippen LogP contribution < -0.4 is 0 Å². The molecule has 2 aliphatic rings. The highest BCUT2D eigenvalue weighted by Crippen LogP contribution is 2.27. The molecular formula is C16H18N4O. The first-order valence-corrected chi connectivity index (χ1v) is 7.19. The summed E-state index contributed by atoms with van der Waals surface area (Å²) in [6, 6.07) is 20.9. The van der Waals surface area contributed by atoms with Crippen LogP contribution in [0.4, 0.5) is 0 Å². The summed E-state index contributed by atoms with van der Waals surface area (Å²) >= 11 is 0. The summed E-state index contributed by atoms with van der Waals surface area (Å²) < 4.78 is 0. The van der Waals surface area contributed by atoms with E-state index in [9.17, 15) is 0 Å². The van der Waals surface area contributed by atoms with Gasteiger partial charge in [-0.2, -0.15) is 15.0 Å². The second kappa shape index (κ2) is 5.55. The summed E-state index contributed by atoms with van der Waals surface area (Å²) in [5.74, 6) is 0. The minimum atomic E-state index is 0.852. The zero-order valence-electron chi connectivity index (χ0n) is 11.8. The summed E-state index contributed by atoms with van der Waals surface area (Å²) in [7, 11) is 0. The first-order chi connectivity index (χ1) is 10.4. The van der Waals surface area contributed by atoms with Crippen molar-refractivity contribution in [3.63, 3.8) is 0 Å². The van der Waals surface area contributed by atoms with Crippen LogP contribution in [0, 0.1) is 0 Å². The van der Waals surface area contributed by atoms with Gasteiger partial charge in [0.2, 0.25) is 0 Å². The highest BCUT2D eigenvalue weighted by atomic mass is 16.9. The number of nitrogens with zero attached hydrogens (tertiary/aromatic N) is 4. The average molecular weight is 282 g/mol. The zero-order valence-corrected chi connectivity index (χ0v) is 11.8. The monoisotopic (exact) mass is 282 g/mol. The quantitative estimate of drug-likeness (QED) is 0.755. The Bertz CT molecular complexity index is 538. The van der Waals surface area contributed by atoms with E-state index >= 15 is 0 Å². The Labute approximate surface area is 124 Å². The van der Waals surface area contributed by atoms with Crippen LogP contribution in [0.3, 0.4) is 0 Å². The van der Waals surface area contributed by atoms with E-state index in [2.05, 4.69) is 58.5 Å². The van der Waals surface area contributed by atoms with Crippen molar-refractivity contribution in [3.05, 3.63) is 71.8 Å². The van der Waals surface area contributed by atoms with Crippen molar-refractivity contribution in [2.45, 2.75) is 13.1 Å². The molecular weight excluding hydrogens is 264 g/mol. The fourth-order valence-corrected chi connectivity index (χ4v) is 2.33. The lowest BCUT2D eigenvalue weighted by Crippen LogP contribution is -2.15. The predicted molar refractivity (Wildman–Crippen MR) is 78.5 cm³/mol. The average Bonchev–Trinajstić information content (AvgIpc) is 3.42. The minimum absolute atomic E-state index is 0.852. The molecule has 2 aromatic rings. The second-order valence-electron chi connectivity index (χ2n) is 5.37. The molecule has 0 radical (unpaired) electrons. The standard InChI is InChI=1S/C16H18N4O/c1-3-7-15(8-4-1)11-17-13-19(17)21-20-14-18(20)12-16-9-5-2-6-10-16/h1-10H,11-14H2. The molecule has 4 unspecified atom stereocenters. The Morgan fingerprint density at radius 3 is 1.52 bits per heavy atom. The normalized spacial score (nSPS) is 30.1. The molecule has 2 aromatic carbocycles. The van der Waals surface area contributed by atoms with Gasteiger partial charge in [0.05, 0.1) is 0 Å². The summed E-state index contributed by atoms with van der Waals surface area (Å²) in [6.07, 6.45) is 0. The Morgan fingerprint density at radius 2 is 1.10 bits per heavy atom. The molecule has 21 heavy (non-hydrogen) atoms. The molecule has 2 heterocycles. The van der Waals surface area contributed by atoms with Crippen LogP contribution in [-0.4, -0.2) is 33.7 Å². The molecule has 2 fully saturated rings. The molecule has 0 amide bonds. The largest absolute Gasteiger partial charge is 0.193 e.